The van der Waals surface area contributed by atoms with Crippen LogP contribution >= 0.6 is 11.8 Å². The summed E-state index contributed by atoms with van der Waals surface area (Å²) in [4.78, 5) is 14.1. The molecule has 8 heteroatoms. The third-order valence-electron chi connectivity index (χ3n) is 3.37. The molecule has 0 bridgehead atoms. The van der Waals surface area contributed by atoms with Crippen molar-refractivity contribution < 1.29 is 22.7 Å². The number of thioether (sulfide) groups is 1. The predicted octanol–water partition coefficient (Wildman–Crippen LogP) is 2.76. The monoisotopic (exact) mass is 360 g/mol. The lowest BCUT2D eigenvalue weighted by Gasteiger charge is -2.26. The highest BCUT2D eigenvalue weighted by atomic mass is 32.2. The number of ether oxygens (including phenoxy) is 1. The van der Waals surface area contributed by atoms with Gasteiger partial charge in [0.05, 0.1) is 13.2 Å². The molecule has 0 aromatic heterocycles. The van der Waals surface area contributed by atoms with Gasteiger partial charge in [0.2, 0.25) is 5.91 Å². The van der Waals surface area contributed by atoms with Crippen molar-refractivity contribution in [3.63, 3.8) is 0 Å². The van der Waals surface area contributed by atoms with Gasteiger partial charge in [-0.05, 0) is 35.5 Å². The molecule has 0 spiro atoms. The third-order valence-corrected chi connectivity index (χ3v) is 4.11. The number of nitrogens with one attached hydrogen (secondary N) is 1. The molecule has 1 saturated heterocycles. The van der Waals surface area contributed by atoms with Crippen LogP contribution in [0.2, 0.25) is 0 Å². The van der Waals surface area contributed by atoms with E-state index in [9.17, 15) is 18.0 Å². The first-order valence-corrected chi connectivity index (χ1v) is 8.36. The zero-order valence-corrected chi connectivity index (χ0v) is 13.8. The highest BCUT2D eigenvalue weighted by Crippen LogP contribution is 2.36. The van der Waals surface area contributed by atoms with Crippen LogP contribution in [0.3, 0.4) is 0 Å². The Kier molecular flexibility index (Phi) is 7.14. The maximum absolute atomic E-state index is 12.2. The summed E-state index contributed by atoms with van der Waals surface area (Å²) < 4.78 is 41.9. The molecule has 0 saturated carbocycles. The normalized spacial score (nSPS) is 16.5. The smallest absolute Gasteiger partial charge is 0.379 e. The summed E-state index contributed by atoms with van der Waals surface area (Å²) in [6.07, 6.45) is 2.96. The van der Waals surface area contributed by atoms with Crippen LogP contribution in [0, 0.1) is 0 Å². The SMILES string of the molecule is O=C(/C=C/c1ccc(SC(F)(F)F)cc1)NCCN1CCOCC1. The lowest BCUT2D eigenvalue weighted by molar-refractivity contribution is -0.116. The van der Waals surface area contributed by atoms with Crippen molar-refractivity contribution in [2.24, 2.45) is 0 Å². The maximum atomic E-state index is 12.2. The van der Waals surface area contributed by atoms with Gasteiger partial charge in [0.25, 0.3) is 0 Å². The molecule has 24 heavy (non-hydrogen) atoms. The van der Waals surface area contributed by atoms with Gasteiger partial charge in [0.1, 0.15) is 0 Å². The van der Waals surface area contributed by atoms with Crippen molar-refractivity contribution in [1.82, 2.24) is 10.2 Å². The van der Waals surface area contributed by atoms with Crippen molar-refractivity contribution >= 4 is 23.7 Å². The summed E-state index contributed by atoms with van der Waals surface area (Å²) in [5.74, 6) is -0.225. The predicted molar refractivity (Wildman–Crippen MR) is 87.7 cm³/mol. The summed E-state index contributed by atoms with van der Waals surface area (Å²) in [5.41, 5.74) is -3.62. The average Bonchev–Trinajstić information content (AvgIpc) is 2.54. The lowest BCUT2D eigenvalue weighted by Crippen LogP contribution is -2.41. The van der Waals surface area contributed by atoms with Crippen LogP contribution in [0.4, 0.5) is 13.2 Å². The number of morpholine rings is 1. The minimum Gasteiger partial charge on any atom is -0.379 e. The molecule has 1 amide bonds. The average molecular weight is 360 g/mol. The molecule has 4 nitrogen and oxygen atoms in total. The Balaban J connectivity index is 1.72. The molecule has 0 atom stereocenters. The topological polar surface area (TPSA) is 41.6 Å². The summed E-state index contributed by atoms with van der Waals surface area (Å²) in [6.45, 7) is 4.49. The van der Waals surface area contributed by atoms with Crippen LogP contribution in [0.5, 0.6) is 0 Å². The van der Waals surface area contributed by atoms with Gasteiger partial charge in [-0.1, -0.05) is 12.1 Å². The van der Waals surface area contributed by atoms with E-state index in [1.165, 1.54) is 18.2 Å². The number of benzene rings is 1. The third kappa shape index (κ3) is 7.37. The standard InChI is InChI=1S/C16H19F3N2O2S/c17-16(18,19)24-14-4-1-13(2-5-14)3-6-15(22)20-7-8-21-9-11-23-12-10-21/h1-6H,7-12H2,(H,20,22)/b6-3+. The van der Waals surface area contributed by atoms with Crippen LogP contribution in [-0.4, -0.2) is 55.7 Å². The first-order valence-electron chi connectivity index (χ1n) is 7.54. The van der Waals surface area contributed by atoms with Crippen LogP contribution in [0.15, 0.2) is 35.2 Å². The number of halogens is 3. The Morgan fingerprint density at radius 3 is 2.54 bits per heavy atom. The van der Waals surface area contributed by atoms with Gasteiger partial charge in [0.15, 0.2) is 0 Å². The number of nitrogens with zero attached hydrogens (tertiary/aromatic N) is 1. The number of hydrogen-bond donors (Lipinski definition) is 1. The van der Waals surface area contributed by atoms with Crippen LogP contribution in [-0.2, 0) is 9.53 Å². The van der Waals surface area contributed by atoms with Crippen LogP contribution in [0.25, 0.3) is 6.08 Å². The molecule has 1 aromatic carbocycles. The van der Waals surface area contributed by atoms with E-state index in [1.54, 1.807) is 18.2 Å². The lowest BCUT2D eigenvalue weighted by atomic mass is 10.2. The maximum Gasteiger partial charge on any atom is 0.446 e. The number of carbonyl (C=O) groups is 1. The second-order valence-electron chi connectivity index (χ2n) is 5.20. The first-order chi connectivity index (χ1) is 11.4. The number of alkyl halides is 3. The molecule has 1 aromatic rings. The molecular formula is C16H19F3N2O2S. The Labute approximate surface area is 143 Å². The van der Waals surface area contributed by atoms with E-state index in [2.05, 4.69) is 10.2 Å². The minimum atomic E-state index is -4.29. The minimum absolute atomic E-state index is 0.120. The highest BCUT2D eigenvalue weighted by molar-refractivity contribution is 8.00. The zero-order chi connectivity index (χ0) is 17.4. The van der Waals surface area contributed by atoms with Gasteiger partial charge in [-0.3, -0.25) is 9.69 Å². The fraction of sp³-hybridized carbons (Fsp3) is 0.438. The Bertz CT molecular complexity index is 555. The van der Waals surface area contributed by atoms with Gasteiger partial charge < -0.3 is 10.1 Å². The van der Waals surface area contributed by atoms with Gasteiger partial charge in [-0.25, -0.2) is 0 Å². The molecule has 2 rings (SSSR count). The van der Waals surface area contributed by atoms with Gasteiger partial charge in [-0.2, -0.15) is 13.2 Å². The Hall–Kier alpha value is -1.51. The van der Waals surface area contributed by atoms with Gasteiger partial charge in [0, 0.05) is 37.2 Å². The molecular weight excluding hydrogens is 341 g/mol. The first kappa shape index (κ1) is 18.8. The van der Waals surface area contributed by atoms with Gasteiger partial charge in [-0.15, -0.1) is 0 Å². The van der Waals surface area contributed by atoms with E-state index in [1.807, 2.05) is 0 Å². The largest absolute Gasteiger partial charge is 0.446 e. The van der Waals surface area contributed by atoms with Crippen molar-refractivity contribution in [2.45, 2.75) is 10.4 Å². The van der Waals surface area contributed by atoms with E-state index >= 15 is 0 Å². The van der Waals surface area contributed by atoms with Crippen LogP contribution in [0.1, 0.15) is 5.56 Å². The highest BCUT2D eigenvalue weighted by Gasteiger charge is 2.28. The van der Waals surface area contributed by atoms with Gasteiger partial charge >= 0.3 is 5.51 Å². The number of hydrogen-bond acceptors (Lipinski definition) is 4. The summed E-state index contributed by atoms with van der Waals surface area (Å²) in [6, 6.07) is 5.86. The molecule has 1 heterocycles. The summed E-state index contributed by atoms with van der Waals surface area (Å²) >= 11 is -0.158. The Morgan fingerprint density at radius 2 is 1.92 bits per heavy atom. The van der Waals surface area contributed by atoms with E-state index in [0.29, 0.717) is 12.1 Å². The fourth-order valence-corrected chi connectivity index (χ4v) is 2.71. The quantitative estimate of drug-likeness (QED) is 0.626. The second kappa shape index (κ2) is 9.10. The van der Waals surface area contributed by atoms with E-state index in [4.69, 9.17) is 4.74 Å². The molecule has 0 unspecified atom stereocenters. The van der Waals surface area contributed by atoms with Crippen molar-refractivity contribution in [1.29, 1.82) is 0 Å². The van der Waals surface area contributed by atoms with E-state index in [0.717, 1.165) is 32.8 Å². The van der Waals surface area contributed by atoms with E-state index < -0.39 is 5.51 Å². The molecule has 1 aliphatic rings. The molecule has 1 N–H and O–H groups in total. The zero-order valence-electron chi connectivity index (χ0n) is 13.0. The summed E-state index contributed by atoms with van der Waals surface area (Å²) in [5, 5.41) is 2.78. The molecule has 132 valence electrons. The summed E-state index contributed by atoms with van der Waals surface area (Å²) in [7, 11) is 0. The number of amides is 1. The number of rotatable bonds is 6. The number of carbonyl (C=O) groups excluding carboxylic acids is 1. The molecule has 1 aliphatic heterocycles. The molecule has 1 fully saturated rings. The van der Waals surface area contributed by atoms with Crippen molar-refractivity contribution in [2.75, 3.05) is 39.4 Å². The van der Waals surface area contributed by atoms with Crippen LogP contribution < -0.4 is 5.32 Å². The molecule has 0 aliphatic carbocycles. The Morgan fingerprint density at radius 1 is 1.25 bits per heavy atom. The van der Waals surface area contributed by atoms with Crippen molar-refractivity contribution in [3.8, 4) is 0 Å². The van der Waals surface area contributed by atoms with E-state index in [-0.39, 0.29) is 22.6 Å². The fourth-order valence-electron chi connectivity index (χ4n) is 2.17. The second-order valence-corrected chi connectivity index (χ2v) is 6.33. The van der Waals surface area contributed by atoms with Crippen molar-refractivity contribution in [3.05, 3.63) is 35.9 Å². The molecule has 0 radical (unpaired) electrons.